The van der Waals surface area contributed by atoms with Crippen molar-refractivity contribution in [1.82, 2.24) is 9.78 Å². The fourth-order valence-corrected chi connectivity index (χ4v) is 2.01. The predicted octanol–water partition coefficient (Wildman–Crippen LogP) is 3.25. The molecule has 5 nitrogen and oxygen atoms in total. The number of benzene rings is 1. The summed E-state index contributed by atoms with van der Waals surface area (Å²) in [5.41, 5.74) is 2.25. The zero-order chi connectivity index (χ0) is 13.9. The van der Waals surface area contributed by atoms with Gasteiger partial charge in [-0.25, -0.2) is 4.68 Å². The van der Waals surface area contributed by atoms with E-state index in [0.717, 1.165) is 11.4 Å². The highest BCUT2D eigenvalue weighted by atomic mass is 16.4. The van der Waals surface area contributed by atoms with Crippen LogP contribution in [0.15, 0.2) is 58.2 Å². The van der Waals surface area contributed by atoms with Gasteiger partial charge in [-0.1, -0.05) is 23.4 Å². The molecule has 2 aromatic heterocycles. The van der Waals surface area contributed by atoms with Crippen LogP contribution in [-0.2, 0) is 0 Å². The highest BCUT2D eigenvalue weighted by Gasteiger charge is 2.14. The Kier molecular flexibility index (Phi) is 3.09. The lowest BCUT2D eigenvalue weighted by atomic mass is 10.2. The minimum atomic E-state index is 0.639. The molecule has 0 aliphatic carbocycles. The van der Waals surface area contributed by atoms with Gasteiger partial charge in [0.2, 0.25) is 0 Å². The molecule has 0 atom stereocenters. The molecule has 0 aliphatic rings. The van der Waals surface area contributed by atoms with Crippen LogP contribution in [0.4, 0.5) is 0 Å². The molecule has 3 aromatic rings. The number of aromatic nitrogens is 2. The molecular formula is C15H13N3O2. The van der Waals surface area contributed by atoms with Crippen molar-refractivity contribution in [3.63, 3.8) is 0 Å². The van der Waals surface area contributed by atoms with E-state index in [-0.39, 0.29) is 0 Å². The zero-order valence-electron chi connectivity index (χ0n) is 10.9. The summed E-state index contributed by atoms with van der Waals surface area (Å²) in [6, 6.07) is 13.4. The van der Waals surface area contributed by atoms with Gasteiger partial charge in [0.15, 0.2) is 5.76 Å². The molecule has 0 saturated carbocycles. The Labute approximate surface area is 115 Å². The molecule has 1 aromatic carbocycles. The lowest BCUT2D eigenvalue weighted by Crippen LogP contribution is -1.93. The molecule has 0 aliphatic heterocycles. The highest BCUT2D eigenvalue weighted by molar-refractivity contribution is 5.87. The standard InChI is InChI=1S/C15H13N3O2/c1-11-7-8-14(20-11)15-12(9-16-19)10-18(17-15)13-5-3-2-4-6-13/h2-10,19H,1H3. The van der Waals surface area contributed by atoms with Crippen LogP contribution in [0, 0.1) is 6.92 Å². The topological polar surface area (TPSA) is 63.5 Å². The summed E-state index contributed by atoms with van der Waals surface area (Å²) in [7, 11) is 0. The van der Waals surface area contributed by atoms with Gasteiger partial charge < -0.3 is 9.62 Å². The van der Waals surface area contributed by atoms with E-state index in [4.69, 9.17) is 9.62 Å². The number of hydrogen-bond donors (Lipinski definition) is 1. The average molecular weight is 267 g/mol. The average Bonchev–Trinajstić information content (AvgIpc) is 3.07. The first-order valence-electron chi connectivity index (χ1n) is 6.17. The second kappa shape index (κ2) is 5.05. The van der Waals surface area contributed by atoms with Crippen molar-refractivity contribution in [2.75, 3.05) is 0 Å². The zero-order valence-corrected chi connectivity index (χ0v) is 10.9. The van der Waals surface area contributed by atoms with Crippen molar-refractivity contribution < 1.29 is 9.62 Å². The van der Waals surface area contributed by atoms with Gasteiger partial charge in [0, 0.05) is 11.8 Å². The summed E-state index contributed by atoms with van der Waals surface area (Å²) in [5.74, 6) is 1.45. The first kappa shape index (κ1) is 12.2. The van der Waals surface area contributed by atoms with E-state index < -0.39 is 0 Å². The van der Waals surface area contributed by atoms with E-state index >= 15 is 0 Å². The van der Waals surface area contributed by atoms with Crippen LogP contribution in [0.25, 0.3) is 17.1 Å². The minimum Gasteiger partial charge on any atom is -0.460 e. The molecule has 0 fully saturated rings. The minimum absolute atomic E-state index is 0.639. The van der Waals surface area contributed by atoms with Gasteiger partial charge in [0.05, 0.1) is 11.9 Å². The van der Waals surface area contributed by atoms with Gasteiger partial charge in [-0.05, 0) is 31.2 Å². The number of rotatable bonds is 3. The fraction of sp³-hybridized carbons (Fsp3) is 0.0667. The van der Waals surface area contributed by atoms with E-state index in [1.807, 2.05) is 49.4 Å². The molecule has 2 heterocycles. The summed E-state index contributed by atoms with van der Waals surface area (Å²) in [6.45, 7) is 1.87. The van der Waals surface area contributed by atoms with E-state index in [9.17, 15) is 0 Å². The number of aryl methyl sites for hydroxylation is 1. The molecule has 5 heteroatoms. The van der Waals surface area contributed by atoms with Crippen LogP contribution in [0.2, 0.25) is 0 Å². The number of hydrogen-bond acceptors (Lipinski definition) is 4. The van der Waals surface area contributed by atoms with Crippen LogP contribution in [0.5, 0.6) is 0 Å². The number of para-hydroxylation sites is 1. The van der Waals surface area contributed by atoms with Crippen molar-refractivity contribution in [2.24, 2.45) is 5.16 Å². The molecule has 0 saturated heterocycles. The number of nitrogens with zero attached hydrogens (tertiary/aromatic N) is 3. The van der Waals surface area contributed by atoms with Gasteiger partial charge in [0.25, 0.3) is 0 Å². The lowest BCUT2D eigenvalue weighted by Gasteiger charge is -1.98. The maximum atomic E-state index is 8.78. The largest absolute Gasteiger partial charge is 0.460 e. The number of oxime groups is 1. The Morgan fingerprint density at radius 3 is 2.65 bits per heavy atom. The molecule has 0 radical (unpaired) electrons. The van der Waals surface area contributed by atoms with Crippen molar-refractivity contribution in [1.29, 1.82) is 0 Å². The second-order valence-corrected chi connectivity index (χ2v) is 4.37. The Hall–Kier alpha value is -2.82. The summed E-state index contributed by atoms with van der Waals surface area (Å²) >= 11 is 0. The molecule has 100 valence electrons. The molecule has 0 spiro atoms. The van der Waals surface area contributed by atoms with Crippen molar-refractivity contribution in [2.45, 2.75) is 6.92 Å². The molecule has 1 N–H and O–H groups in total. The van der Waals surface area contributed by atoms with Crippen LogP contribution < -0.4 is 0 Å². The van der Waals surface area contributed by atoms with Crippen LogP contribution in [0.3, 0.4) is 0 Å². The van der Waals surface area contributed by atoms with E-state index in [1.54, 1.807) is 10.9 Å². The predicted molar refractivity (Wildman–Crippen MR) is 75.4 cm³/mol. The van der Waals surface area contributed by atoms with Crippen LogP contribution >= 0.6 is 0 Å². The van der Waals surface area contributed by atoms with Gasteiger partial charge in [-0.2, -0.15) is 5.10 Å². The third-order valence-electron chi connectivity index (χ3n) is 2.93. The van der Waals surface area contributed by atoms with Gasteiger partial charge in [-0.15, -0.1) is 0 Å². The van der Waals surface area contributed by atoms with Crippen LogP contribution in [-0.4, -0.2) is 21.2 Å². The quantitative estimate of drug-likeness (QED) is 0.450. The highest BCUT2D eigenvalue weighted by Crippen LogP contribution is 2.24. The van der Waals surface area contributed by atoms with Crippen molar-refractivity contribution >= 4 is 6.21 Å². The Bertz CT molecular complexity index is 742. The van der Waals surface area contributed by atoms with Crippen LogP contribution in [0.1, 0.15) is 11.3 Å². The first-order valence-corrected chi connectivity index (χ1v) is 6.17. The summed E-state index contributed by atoms with van der Waals surface area (Å²) in [5, 5.41) is 16.4. The van der Waals surface area contributed by atoms with E-state index in [2.05, 4.69) is 10.3 Å². The second-order valence-electron chi connectivity index (χ2n) is 4.37. The van der Waals surface area contributed by atoms with E-state index in [0.29, 0.717) is 17.0 Å². The lowest BCUT2D eigenvalue weighted by molar-refractivity contribution is 0.322. The van der Waals surface area contributed by atoms with Crippen molar-refractivity contribution in [3.8, 4) is 17.1 Å². The monoisotopic (exact) mass is 267 g/mol. The fourth-order valence-electron chi connectivity index (χ4n) is 2.01. The SMILES string of the molecule is Cc1ccc(-c2nn(-c3ccccc3)cc2C=NO)o1. The van der Waals surface area contributed by atoms with Crippen molar-refractivity contribution in [3.05, 3.63) is 60.0 Å². The molecule has 3 rings (SSSR count). The smallest absolute Gasteiger partial charge is 0.155 e. The third kappa shape index (κ3) is 2.21. The normalized spacial score (nSPS) is 11.2. The Balaban J connectivity index is 2.12. The maximum absolute atomic E-state index is 8.78. The maximum Gasteiger partial charge on any atom is 0.155 e. The molecular weight excluding hydrogens is 254 g/mol. The van der Waals surface area contributed by atoms with Gasteiger partial charge in [-0.3, -0.25) is 0 Å². The number of furan rings is 1. The summed E-state index contributed by atoms with van der Waals surface area (Å²) in [4.78, 5) is 0. The summed E-state index contributed by atoms with van der Waals surface area (Å²) in [6.07, 6.45) is 3.14. The molecule has 0 amide bonds. The third-order valence-corrected chi connectivity index (χ3v) is 2.93. The molecule has 0 bridgehead atoms. The molecule has 0 unspecified atom stereocenters. The van der Waals surface area contributed by atoms with Gasteiger partial charge in [0.1, 0.15) is 11.5 Å². The Morgan fingerprint density at radius 2 is 2.00 bits per heavy atom. The Morgan fingerprint density at radius 1 is 1.20 bits per heavy atom. The summed E-state index contributed by atoms with van der Waals surface area (Å²) < 4.78 is 7.31. The van der Waals surface area contributed by atoms with E-state index in [1.165, 1.54) is 6.21 Å². The van der Waals surface area contributed by atoms with Gasteiger partial charge >= 0.3 is 0 Å². The molecule has 20 heavy (non-hydrogen) atoms. The first-order chi connectivity index (χ1) is 9.78.